The molecule has 21 heavy (non-hydrogen) atoms. The molecule has 0 heterocycles. The summed E-state index contributed by atoms with van der Waals surface area (Å²) in [5.41, 5.74) is 1.34. The van der Waals surface area contributed by atoms with Gasteiger partial charge in [0, 0.05) is 12.0 Å². The van der Waals surface area contributed by atoms with Crippen LogP contribution in [0.3, 0.4) is 0 Å². The van der Waals surface area contributed by atoms with Crippen LogP contribution < -0.4 is 0 Å². The number of rotatable bonds is 6. The monoisotopic (exact) mass is 302 g/mol. The third-order valence-corrected chi connectivity index (χ3v) is 4.79. The molecule has 0 saturated heterocycles. The van der Waals surface area contributed by atoms with Crippen LogP contribution in [0.2, 0.25) is 0 Å². The lowest BCUT2D eigenvalue weighted by Crippen LogP contribution is -2.33. The summed E-state index contributed by atoms with van der Waals surface area (Å²) in [5.74, 6) is 0.754. The van der Waals surface area contributed by atoms with Gasteiger partial charge in [-0.1, -0.05) is 42.5 Å². The fourth-order valence-electron chi connectivity index (χ4n) is 3.31. The summed E-state index contributed by atoms with van der Waals surface area (Å²) in [6.07, 6.45) is 4.94. The van der Waals surface area contributed by atoms with Crippen molar-refractivity contribution in [3.05, 3.63) is 48.0 Å². The van der Waals surface area contributed by atoms with Crippen LogP contribution in [0.5, 0.6) is 0 Å². The first-order valence-electron chi connectivity index (χ1n) is 7.98. The molecule has 1 atom stereocenters. The van der Waals surface area contributed by atoms with Gasteiger partial charge in [-0.05, 0) is 54.9 Å². The van der Waals surface area contributed by atoms with Crippen molar-refractivity contribution in [2.45, 2.75) is 44.1 Å². The lowest BCUT2D eigenvalue weighted by molar-refractivity contribution is -0.0266. The minimum atomic E-state index is 0.235. The van der Waals surface area contributed by atoms with Gasteiger partial charge in [0.1, 0.15) is 0 Å². The first-order chi connectivity index (χ1) is 10.2. The number of alkyl halides is 1. The van der Waals surface area contributed by atoms with Crippen LogP contribution in [0, 0.1) is 5.92 Å². The van der Waals surface area contributed by atoms with E-state index in [9.17, 15) is 0 Å². The van der Waals surface area contributed by atoms with Gasteiger partial charge in [-0.3, -0.25) is 0 Å². The van der Waals surface area contributed by atoms with E-state index in [1.54, 1.807) is 0 Å². The highest BCUT2D eigenvalue weighted by Gasteiger charge is 2.30. The summed E-state index contributed by atoms with van der Waals surface area (Å²) in [6.45, 7) is 2.90. The van der Waals surface area contributed by atoms with E-state index in [0.29, 0.717) is 6.10 Å². The zero-order valence-electron chi connectivity index (χ0n) is 12.6. The van der Waals surface area contributed by atoms with Crippen molar-refractivity contribution in [1.82, 2.24) is 0 Å². The predicted molar refractivity (Wildman–Crippen MR) is 90.0 cm³/mol. The second-order valence-corrected chi connectivity index (χ2v) is 6.75. The lowest BCUT2D eigenvalue weighted by atomic mass is 9.78. The smallest absolute Gasteiger partial charge is 0.0580 e. The number of halogens is 1. The maximum absolute atomic E-state index is 6.56. The summed E-state index contributed by atoms with van der Waals surface area (Å²) in [6, 6.07) is 15.2. The SMILES string of the molecule is CCOC1CC(CC(Cl)Cc2ccc3ccccc3c2)C1. The van der Waals surface area contributed by atoms with Crippen molar-refractivity contribution in [2.24, 2.45) is 5.92 Å². The molecule has 2 aromatic carbocycles. The summed E-state index contributed by atoms with van der Waals surface area (Å²) in [7, 11) is 0. The van der Waals surface area contributed by atoms with Crippen molar-refractivity contribution >= 4 is 22.4 Å². The molecule has 1 nitrogen and oxygen atoms in total. The molecule has 1 saturated carbocycles. The Morgan fingerprint density at radius 2 is 1.90 bits per heavy atom. The molecule has 2 heteroatoms. The first-order valence-corrected chi connectivity index (χ1v) is 8.41. The van der Waals surface area contributed by atoms with E-state index in [4.69, 9.17) is 16.3 Å². The van der Waals surface area contributed by atoms with Crippen LogP contribution in [0.1, 0.15) is 31.7 Å². The van der Waals surface area contributed by atoms with Crippen LogP contribution in [0.4, 0.5) is 0 Å². The third-order valence-electron chi connectivity index (χ3n) is 4.45. The summed E-state index contributed by atoms with van der Waals surface area (Å²) in [5, 5.41) is 2.84. The molecule has 0 bridgehead atoms. The molecule has 0 amide bonds. The molecular formula is C19H23ClO. The van der Waals surface area contributed by atoms with Crippen LogP contribution in [0.15, 0.2) is 42.5 Å². The Kier molecular flexibility index (Phi) is 4.82. The Morgan fingerprint density at radius 3 is 2.67 bits per heavy atom. The summed E-state index contributed by atoms with van der Waals surface area (Å²) < 4.78 is 5.61. The molecule has 1 aliphatic carbocycles. The molecular weight excluding hydrogens is 280 g/mol. The number of fused-ring (bicyclic) bond motifs is 1. The van der Waals surface area contributed by atoms with Gasteiger partial charge in [-0.25, -0.2) is 0 Å². The van der Waals surface area contributed by atoms with E-state index in [2.05, 4.69) is 49.4 Å². The lowest BCUT2D eigenvalue weighted by Gasteiger charge is -2.36. The molecule has 0 spiro atoms. The van der Waals surface area contributed by atoms with E-state index in [0.717, 1.165) is 25.4 Å². The van der Waals surface area contributed by atoms with E-state index < -0.39 is 0 Å². The molecule has 0 aliphatic heterocycles. The van der Waals surface area contributed by atoms with Gasteiger partial charge < -0.3 is 4.74 Å². The van der Waals surface area contributed by atoms with Crippen LogP contribution in [0.25, 0.3) is 10.8 Å². The largest absolute Gasteiger partial charge is 0.378 e. The molecule has 2 aromatic rings. The zero-order chi connectivity index (χ0) is 14.7. The number of ether oxygens (including phenoxy) is 1. The minimum absolute atomic E-state index is 0.235. The van der Waals surface area contributed by atoms with E-state index >= 15 is 0 Å². The topological polar surface area (TPSA) is 9.23 Å². The fourth-order valence-corrected chi connectivity index (χ4v) is 3.74. The van der Waals surface area contributed by atoms with Crippen LogP contribution in [-0.2, 0) is 11.2 Å². The van der Waals surface area contributed by atoms with Crippen molar-refractivity contribution in [3.8, 4) is 0 Å². The highest BCUT2D eigenvalue weighted by Crippen LogP contribution is 2.35. The van der Waals surface area contributed by atoms with Crippen molar-refractivity contribution in [1.29, 1.82) is 0 Å². The number of benzene rings is 2. The summed E-state index contributed by atoms with van der Waals surface area (Å²) in [4.78, 5) is 0. The molecule has 1 unspecified atom stereocenters. The van der Waals surface area contributed by atoms with Crippen molar-refractivity contribution in [2.75, 3.05) is 6.61 Å². The van der Waals surface area contributed by atoms with E-state index in [1.165, 1.54) is 29.2 Å². The van der Waals surface area contributed by atoms with Crippen LogP contribution >= 0.6 is 11.6 Å². The number of hydrogen-bond acceptors (Lipinski definition) is 1. The van der Waals surface area contributed by atoms with E-state index in [-0.39, 0.29) is 5.38 Å². The zero-order valence-corrected chi connectivity index (χ0v) is 13.4. The average Bonchev–Trinajstić information content (AvgIpc) is 2.45. The average molecular weight is 303 g/mol. The van der Waals surface area contributed by atoms with Gasteiger partial charge in [-0.2, -0.15) is 0 Å². The minimum Gasteiger partial charge on any atom is -0.378 e. The highest BCUT2D eigenvalue weighted by atomic mass is 35.5. The standard InChI is InChI=1S/C19H23ClO/c1-2-21-19-12-15(13-19)11-18(20)10-14-7-8-16-5-3-4-6-17(16)9-14/h3-9,15,18-19H,2,10-13H2,1H3. The molecule has 3 rings (SSSR count). The Labute approximate surface area is 132 Å². The van der Waals surface area contributed by atoms with Gasteiger partial charge in [0.2, 0.25) is 0 Å². The maximum Gasteiger partial charge on any atom is 0.0580 e. The molecule has 0 radical (unpaired) electrons. The van der Waals surface area contributed by atoms with Gasteiger partial charge in [-0.15, -0.1) is 11.6 Å². The Balaban J connectivity index is 1.53. The molecule has 112 valence electrons. The predicted octanol–water partition coefficient (Wildman–Crippen LogP) is 5.19. The quantitative estimate of drug-likeness (QED) is 0.667. The van der Waals surface area contributed by atoms with Gasteiger partial charge in [0.15, 0.2) is 0 Å². The summed E-state index contributed by atoms with van der Waals surface area (Å²) >= 11 is 6.56. The third kappa shape index (κ3) is 3.78. The first kappa shape index (κ1) is 14.9. The normalized spacial score (nSPS) is 23.0. The maximum atomic E-state index is 6.56. The Morgan fingerprint density at radius 1 is 1.14 bits per heavy atom. The highest BCUT2D eigenvalue weighted by molar-refractivity contribution is 6.20. The molecule has 0 aromatic heterocycles. The van der Waals surface area contributed by atoms with Crippen molar-refractivity contribution in [3.63, 3.8) is 0 Å². The Hall–Kier alpha value is -1.05. The van der Waals surface area contributed by atoms with E-state index in [1.807, 2.05) is 0 Å². The molecule has 1 fully saturated rings. The van der Waals surface area contributed by atoms with Gasteiger partial charge in [0.05, 0.1) is 6.10 Å². The van der Waals surface area contributed by atoms with Crippen LogP contribution in [-0.4, -0.2) is 18.1 Å². The fraction of sp³-hybridized carbons (Fsp3) is 0.474. The second kappa shape index (κ2) is 6.81. The van der Waals surface area contributed by atoms with Gasteiger partial charge in [0.25, 0.3) is 0 Å². The second-order valence-electron chi connectivity index (χ2n) is 6.13. The molecule has 0 N–H and O–H groups in total. The van der Waals surface area contributed by atoms with Gasteiger partial charge >= 0.3 is 0 Å². The Bertz CT molecular complexity index is 589. The van der Waals surface area contributed by atoms with Crippen molar-refractivity contribution < 1.29 is 4.74 Å². The molecule has 1 aliphatic rings. The number of hydrogen-bond donors (Lipinski definition) is 0.